The van der Waals surface area contributed by atoms with Gasteiger partial charge < -0.3 is 9.84 Å². The molecule has 2 nitrogen and oxygen atoms in total. The highest BCUT2D eigenvalue weighted by molar-refractivity contribution is 5.26. The summed E-state index contributed by atoms with van der Waals surface area (Å²) in [6.07, 6.45) is 2.14. The van der Waals surface area contributed by atoms with E-state index in [0.29, 0.717) is 12.4 Å². The van der Waals surface area contributed by atoms with Crippen LogP contribution in [0.25, 0.3) is 0 Å². The summed E-state index contributed by atoms with van der Waals surface area (Å²) < 4.78 is 31.6. The van der Waals surface area contributed by atoms with Gasteiger partial charge in [-0.05, 0) is 25.0 Å². The van der Waals surface area contributed by atoms with Crippen molar-refractivity contribution in [1.29, 1.82) is 0 Å². The van der Waals surface area contributed by atoms with Crippen LogP contribution in [0.1, 0.15) is 24.5 Å². The van der Waals surface area contributed by atoms with E-state index in [9.17, 15) is 13.9 Å². The van der Waals surface area contributed by atoms with Gasteiger partial charge in [-0.3, -0.25) is 0 Å². The summed E-state index contributed by atoms with van der Waals surface area (Å²) in [7, 11) is 0. The van der Waals surface area contributed by atoms with Crippen LogP contribution in [0.3, 0.4) is 0 Å². The summed E-state index contributed by atoms with van der Waals surface area (Å²) in [5.74, 6) is -1.69. The van der Waals surface area contributed by atoms with Gasteiger partial charge in [0, 0.05) is 5.56 Å². The van der Waals surface area contributed by atoms with Crippen LogP contribution < -0.4 is 0 Å². The number of hydrogen-bond donors (Lipinski definition) is 1. The van der Waals surface area contributed by atoms with Crippen LogP contribution in [0.5, 0.6) is 0 Å². The van der Waals surface area contributed by atoms with Crippen molar-refractivity contribution < 1.29 is 18.6 Å². The molecule has 0 aliphatic carbocycles. The quantitative estimate of drug-likeness (QED) is 0.840. The molecule has 16 heavy (non-hydrogen) atoms. The van der Waals surface area contributed by atoms with E-state index in [-0.39, 0.29) is 5.56 Å². The van der Waals surface area contributed by atoms with E-state index >= 15 is 0 Å². The fourth-order valence-corrected chi connectivity index (χ4v) is 1.65. The highest BCUT2D eigenvalue weighted by Gasteiger charge is 2.21. The molecule has 2 rings (SSSR count). The summed E-state index contributed by atoms with van der Waals surface area (Å²) in [6, 6.07) is 3.73. The van der Waals surface area contributed by atoms with E-state index < -0.39 is 17.7 Å². The highest BCUT2D eigenvalue weighted by Crippen LogP contribution is 2.28. The molecule has 0 saturated carbocycles. The molecule has 1 atom stereocenters. The number of ether oxygens (including phenoxy) is 1. The number of rotatable bonds is 2. The standard InChI is InChI=1S/C12H12F2O2/c13-9-5-3-4-8(11(9)14)12(15)10-6-1-2-7-16-10/h3-6,12,15H,1-2,7H2. The minimum absolute atomic E-state index is 0.0897. The molecule has 0 spiro atoms. The summed E-state index contributed by atoms with van der Waals surface area (Å²) in [5, 5.41) is 9.85. The second kappa shape index (κ2) is 4.61. The van der Waals surface area contributed by atoms with Crippen LogP contribution in [0.4, 0.5) is 8.78 Å². The second-order valence-corrected chi connectivity index (χ2v) is 3.64. The lowest BCUT2D eigenvalue weighted by molar-refractivity contribution is 0.0893. The Labute approximate surface area is 92.2 Å². The normalized spacial score (nSPS) is 17.6. The Morgan fingerprint density at radius 3 is 2.81 bits per heavy atom. The molecule has 1 aliphatic rings. The van der Waals surface area contributed by atoms with E-state index in [1.165, 1.54) is 12.1 Å². The van der Waals surface area contributed by atoms with Crippen LogP contribution >= 0.6 is 0 Å². The third-order valence-corrected chi connectivity index (χ3v) is 2.51. The molecular formula is C12H12F2O2. The fraction of sp³-hybridized carbons (Fsp3) is 0.333. The van der Waals surface area contributed by atoms with Crippen molar-refractivity contribution >= 4 is 0 Å². The Hall–Kier alpha value is -1.42. The van der Waals surface area contributed by atoms with Crippen molar-refractivity contribution in [2.45, 2.75) is 18.9 Å². The Balaban J connectivity index is 2.29. The molecule has 1 unspecified atom stereocenters. The second-order valence-electron chi connectivity index (χ2n) is 3.64. The smallest absolute Gasteiger partial charge is 0.165 e. The molecular weight excluding hydrogens is 214 g/mol. The predicted molar refractivity (Wildman–Crippen MR) is 54.6 cm³/mol. The van der Waals surface area contributed by atoms with Gasteiger partial charge in [0.15, 0.2) is 11.6 Å². The van der Waals surface area contributed by atoms with Crippen LogP contribution in [-0.4, -0.2) is 11.7 Å². The molecule has 0 fully saturated rings. The minimum Gasteiger partial charge on any atom is -0.495 e. The average molecular weight is 226 g/mol. The van der Waals surface area contributed by atoms with Crippen molar-refractivity contribution in [3.05, 3.63) is 47.2 Å². The van der Waals surface area contributed by atoms with E-state index in [0.717, 1.165) is 18.9 Å². The van der Waals surface area contributed by atoms with E-state index in [1.54, 1.807) is 6.08 Å². The molecule has 4 heteroatoms. The Kier molecular flexibility index (Phi) is 3.19. The number of aliphatic hydroxyl groups excluding tert-OH is 1. The molecule has 0 amide bonds. The zero-order chi connectivity index (χ0) is 11.5. The Bertz CT molecular complexity index is 415. The van der Waals surface area contributed by atoms with Gasteiger partial charge in [0.2, 0.25) is 0 Å². The SMILES string of the molecule is OC(C1=CCCCO1)c1cccc(F)c1F. The van der Waals surface area contributed by atoms with E-state index in [4.69, 9.17) is 4.74 Å². The lowest BCUT2D eigenvalue weighted by Gasteiger charge is -2.20. The van der Waals surface area contributed by atoms with Gasteiger partial charge in [0.25, 0.3) is 0 Å². The van der Waals surface area contributed by atoms with Gasteiger partial charge in [-0.15, -0.1) is 0 Å². The Morgan fingerprint density at radius 1 is 1.31 bits per heavy atom. The average Bonchev–Trinajstić information content (AvgIpc) is 2.33. The van der Waals surface area contributed by atoms with Crippen molar-refractivity contribution in [2.24, 2.45) is 0 Å². The van der Waals surface area contributed by atoms with Crippen molar-refractivity contribution in [2.75, 3.05) is 6.61 Å². The lowest BCUT2D eigenvalue weighted by Crippen LogP contribution is -2.11. The van der Waals surface area contributed by atoms with Gasteiger partial charge in [-0.2, -0.15) is 0 Å². The summed E-state index contributed by atoms with van der Waals surface area (Å²) in [4.78, 5) is 0. The first-order chi connectivity index (χ1) is 7.70. The molecule has 0 saturated heterocycles. The first kappa shape index (κ1) is 11.1. The molecule has 1 aromatic carbocycles. The van der Waals surface area contributed by atoms with Gasteiger partial charge in [0.1, 0.15) is 11.9 Å². The first-order valence-electron chi connectivity index (χ1n) is 5.15. The van der Waals surface area contributed by atoms with Crippen LogP contribution in [-0.2, 0) is 4.74 Å². The monoisotopic (exact) mass is 226 g/mol. The fourth-order valence-electron chi connectivity index (χ4n) is 1.65. The third-order valence-electron chi connectivity index (χ3n) is 2.51. The van der Waals surface area contributed by atoms with Gasteiger partial charge >= 0.3 is 0 Å². The van der Waals surface area contributed by atoms with Crippen molar-refractivity contribution in [1.82, 2.24) is 0 Å². The molecule has 1 N–H and O–H groups in total. The molecule has 0 radical (unpaired) electrons. The number of hydrogen-bond acceptors (Lipinski definition) is 2. The zero-order valence-electron chi connectivity index (χ0n) is 8.62. The predicted octanol–water partition coefficient (Wildman–Crippen LogP) is 2.69. The summed E-state index contributed by atoms with van der Waals surface area (Å²) in [6.45, 7) is 0.500. The molecule has 1 aliphatic heterocycles. The van der Waals surface area contributed by atoms with Crippen molar-refractivity contribution in [3.8, 4) is 0 Å². The lowest BCUT2D eigenvalue weighted by atomic mass is 10.0. The number of benzene rings is 1. The maximum atomic E-state index is 13.4. The van der Waals surface area contributed by atoms with E-state index in [1.807, 2.05) is 0 Å². The van der Waals surface area contributed by atoms with Gasteiger partial charge in [-0.25, -0.2) is 8.78 Å². The maximum absolute atomic E-state index is 13.4. The molecule has 0 aromatic heterocycles. The van der Waals surface area contributed by atoms with E-state index in [2.05, 4.69) is 0 Å². The zero-order valence-corrected chi connectivity index (χ0v) is 8.62. The largest absolute Gasteiger partial charge is 0.495 e. The third kappa shape index (κ3) is 2.07. The maximum Gasteiger partial charge on any atom is 0.165 e. The Morgan fingerprint density at radius 2 is 2.12 bits per heavy atom. The van der Waals surface area contributed by atoms with Crippen molar-refractivity contribution in [3.63, 3.8) is 0 Å². The summed E-state index contributed by atoms with van der Waals surface area (Å²) in [5.41, 5.74) is -0.0897. The number of halogens is 2. The van der Waals surface area contributed by atoms with Gasteiger partial charge in [0.05, 0.1) is 6.61 Å². The van der Waals surface area contributed by atoms with Crippen LogP contribution in [0.2, 0.25) is 0 Å². The molecule has 1 aromatic rings. The summed E-state index contributed by atoms with van der Waals surface area (Å²) >= 11 is 0. The molecule has 0 bridgehead atoms. The van der Waals surface area contributed by atoms with Crippen LogP contribution in [0.15, 0.2) is 30.0 Å². The first-order valence-corrected chi connectivity index (χ1v) is 5.15. The number of aliphatic hydroxyl groups is 1. The number of allylic oxidation sites excluding steroid dienone is 1. The van der Waals surface area contributed by atoms with Gasteiger partial charge in [-0.1, -0.05) is 12.1 Å². The minimum atomic E-state index is -1.23. The molecule has 1 heterocycles. The highest BCUT2D eigenvalue weighted by atomic mass is 19.2. The topological polar surface area (TPSA) is 29.5 Å². The van der Waals surface area contributed by atoms with Crippen LogP contribution in [0, 0.1) is 11.6 Å². The molecule has 86 valence electrons.